The lowest BCUT2D eigenvalue weighted by atomic mass is 10.2. The molecule has 150 valence electrons. The van der Waals surface area contributed by atoms with E-state index >= 15 is 0 Å². The Labute approximate surface area is 168 Å². The van der Waals surface area contributed by atoms with Gasteiger partial charge in [-0.25, -0.2) is 13.8 Å². The van der Waals surface area contributed by atoms with Gasteiger partial charge in [0.2, 0.25) is 10.0 Å². The van der Waals surface area contributed by atoms with Crippen LogP contribution in [0, 0.1) is 0 Å². The smallest absolute Gasteiger partial charge is 0.255 e. The first-order chi connectivity index (χ1) is 13.3. The Morgan fingerprint density at radius 1 is 1.29 bits per heavy atom. The first-order valence-corrected chi connectivity index (χ1v) is 10.1. The number of likely N-dealkylation sites (N-methyl/N-ethyl adjacent to an activating group) is 1. The number of nitrogens with zero attached hydrogens (tertiary/aromatic N) is 2. The van der Waals surface area contributed by atoms with Gasteiger partial charge in [-0.2, -0.15) is 9.41 Å². The number of phenolic OH excluding ortho intramolecular Hbond substituents is 1. The van der Waals surface area contributed by atoms with E-state index in [0.717, 1.165) is 4.31 Å². The van der Waals surface area contributed by atoms with E-state index in [9.17, 15) is 18.3 Å². The fourth-order valence-corrected chi connectivity index (χ4v) is 3.45. The predicted octanol–water partition coefficient (Wildman–Crippen LogP) is 2.22. The van der Waals surface area contributed by atoms with Crippen LogP contribution in [0.2, 0.25) is 5.02 Å². The van der Waals surface area contributed by atoms with Crippen LogP contribution in [-0.2, 0) is 14.8 Å². The maximum Gasteiger partial charge on any atom is 0.255 e. The van der Waals surface area contributed by atoms with Gasteiger partial charge in [-0.05, 0) is 43.3 Å². The molecular formula is C18H20ClN3O5S. The molecule has 0 saturated heterocycles. The van der Waals surface area contributed by atoms with E-state index in [1.165, 1.54) is 37.5 Å². The molecule has 0 atom stereocenters. The first kappa shape index (κ1) is 21.7. The number of amides is 1. The maximum atomic E-state index is 12.4. The summed E-state index contributed by atoms with van der Waals surface area (Å²) in [5.41, 5.74) is 2.57. The van der Waals surface area contributed by atoms with Gasteiger partial charge in [0, 0.05) is 17.6 Å². The second-order valence-corrected chi connectivity index (χ2v) is 8.12. The average molecular weight is 426 g/mol. The zero-order valence-corrected chi connectivity index (χ0v) is 16.9. The second kappa shape index (κ2) is 9.54. The molecule has 2 N–H and O–H groups in total. The van der Waals surface area contributed by atoms with E-state index < -0.39 is 22.5 Å². The number of nitrogens with one attached hydrogen (secondary N) is 1. The number of aromatic hydroxyl groups is 1. The quantitative estimate of drug-likeness (QED) is 0.498. The molecule has 0 bridgehead atoms. The normalized spacial score (nSPS) is 11.7. The molecule has 0 saturated carbocycles. The van der Waals surface area contributed by atoms with Crippen LogP contribution in [-0.4, -0.2) is 50.2 Å². The van der Waals surface area contributed by atoms with Crippen LogP contribution in [0.15, 0.2) is 52.5 Å². The summed E-state index contributed by atoms with van der Waals surface area (Å²) in [5.74, 6) is -0.451. The van der Waals surface area contributed by atoms with Gasteiger partial charge in [-0.15, -0.1) is 0 Å². The average Bonchev–Trinajstić information content (AvgIpc) is 2.65. The lowest BCUT2D eigenvalue weighted by molar-refractivity contribution is -0.121. The van der Waals surface area contributed by atoms with E-state index in [1.54, 1.807) is 25.1 Å². The second-order valence-electron chi connectivity index (χ2n) is 5.64. The van der Waals surface area contributed by atoms with Crippen molar-refractivity contribution >= 4 is 33.7 Å². The van der Waals surface area contributed by atoms with Crippen molar-refractivity contribution < 1.29 is 23.1 Å². The number of carbonyl (C=O) groups excluding carboxylic acids is 1. The summed E-state index contributed by atoms with van der Waals surface area (Å²) in [7, 11) is -2.56. The first-order valence-electron chi connectivity index (χ1n) is 8.24. The maximum absolute atomic E-state index is 12.4. The number of benzene rings is 2. The van der Waals surface area contributed by atoms with E-state index in [4.69, 9.17) is 16.3 Å². The van der Waals surface area contributed by atoms with Crippen LogP contribution in [0.1, 0.15) is 12.5 Å². The van der Waals surface area contributed by atoms with Gasteiger partial charge in [-0.3, -0.25) is 4.79 Å². The number of para-hydroxylation sites is 1. The van der Waals surface area contributed by atoms with Crippen LogP contribution in [0.3, 0.4) is 0 Å². The summed E-state index contributed by atoms with van der Waals surface area (Å²) in [5, 5.41) is 14.2. The largest absolute Gasteiger partial charge is 0.504 e. The highest BCUT2D eigenvalue weighted by Crippen LogP contribution is 2.28. The monoisotopic (exact) mass is 425 g/mol. The Bertz CT molecular complexity index is 962. The predicted molar refractivity (Wildman–Crippen MR) is 106 cm³/mol. The molecule has 2 rings (SSSR count). The fraction of sp³-hybridized carbons (Fsp3) is 0.222. The molecular weight excluding hydrogens is 406 g/mol. The molecule has 10 heteroatoms. The Hall–Kier alpha value is -2.62. The Kier molecular flexibility index (Phi) is 7.38. The molecule has 0 aromatic heterocycles. The van der Waals surface area contributed by atoms with Crippen LogP contribution in [0.4, 0.5) is 0 Å². The summed E-state index contributed by atoms with van der Waals surface area (Å²) in [6.45, 7) is 1.74. The number of hydrogen-bond acceptors (Lipinski definition) is 6. The van der Waals surface area contributed by atoms with E-state index in [0.29, 0.717) is 22.9 Å². The van der Waals surface area contributed by atoms with Gasteiger partial charge < -0.3 is 9.84 Å². The number of ether oxygens (including phenoxy) is 1. The molecule has 8 nitrogen and oxygen atoms in total. The van der Waals surface area contributed by atoms with Gasteiger partial charge in [0.25, 0.3) is 5.91 Å². The van der Waals surface area contributed by atoms with Crippen LogP contribution in [0.25, 0.3) is 0 Å². The van der Waals surface area contributed by atoms with Crippen molar-refractivity contribution in [3.63, 3.8) is 0 Å². The fourth-order valence-electron chi connectivity index (χ4n) is 2.20. The van der Waals surface area contributed by atoms with Crippen LogP contribution in [0.5, 0.6) is 11.5 Å². The highest BCUT2D eigenvalue weighted by molar-refractivity contribution is 7.89. The van der Waals surface area contributed by atoms with Gasteiger partial charge in [0.05, 0.1) is 24.3 Å². The van der Waals surface area contributed by atoms with Gasteiger partial charge in [0.1, 0.15) is 0 Å². The minimum Gasteiger partial charge on any atom is -0.504 e. The lowest BCUT2D eigenvalue weighted by Crippen LogP contribution is -2.36. The number of halogens is 1. The summed E-state index contributed by atoms with van der Waals surface area (Å²) in [6, 6.07) is 10.5. The third-order valence-electron chi connectivity index (χ3n) is 3.61. The molecule has 0 aliphatic carbocycles. The van der Waals surface area contributed by atoms with Crippen molar-refractivity contribution in [2.45, 2.75) is 11.8 Å². The minimum atomic E-state index is -3.84. The van der Waals surface area contributed by atoms with Crippen LogP contribution >= 0.6 is 11.6 Å². The Morgan fingerprint density at radius 3 is 2.61 bits per heavy atom. The van der Waals surface area contributed by atoms with Crippen LogP contribution < -0.4 is 10.2 Å². The van der Waals surface area contributed by atoms with Gasteiger partial charge in [-0.1, -0.05) is 17.7 Å². The zero-order valence-electron chi connectivity index (χ0n) is 15.3. The van der Waals surface area contributed by atoms with Crippen molar-refractivity contribution in [3.05, 3.63) is 53.1 Å². The molecule has 0 spiro atoms. The Morgan fingerprint density at radius 2 is 1.96 bits per heavy atom. The van der Waals surface area contributed by atoms with Crippen molar-refractivity contribution in [2.24, 2.45) is 5.10 Å². The molecule has 2 aromatic rings. The number of carbonyl (C=O) groups is 1. The number of rotatable bonds is 8. The van der Waals surface area contributed by atoms with E-state index in [-0.39, 0.29) is 10.6 Å². The molecule has 0 aliphatic rings. The molecule has 1 amide bonds. The highest BCUT2D eigenvalue weighted by atomic mass is 35.5. The topological polar surface area (TPSA) is 108 Å². The summed E-state index contributed by atoms with van der Waals surface area (Å²) in [4.78, 5) is 12.0. The lowest BCUT2D eigenvalue weighted by Gasteiger charge is -2.16. The van der Waals surface area contributed by atoms with E-state index in [2.05, 4.69) is 10.5 Å². The van der Waals surface area contributed by atoms with Crippen molar-refractivity contribution in [1.29, 1.82) is 0 Å². The number of phenols is 1. The number of hydrogen-bond donors (Lipinski definition) is 2. The molecule has 0 fully saturated rings. The summed E-state index contributed by atoms with van der Waals surface area (Å²) < 4.78 is 31.0. The third kappa shape index (κ3) is 5.44. The molecule has 28 heavy (non-hydrogen) atoms. The van der Waals surface area contributed by atoms with Gasteiger partial charge >= 0.3 is 0 Å². The summed E-state index contributed by atoms with van der Waals surface area (Å²) in [6.07, 6.45) is 1.24. The number of hydrazone groups is 1. The molecule has 0 unspecified atom stereocenters. The molecule has 0 heterocycles. The Balaban J connectivity index is 1.99. The van der Waals surface area contributed by atoms with Crippen molar-refractivity contribution in [2.75, 3.05) is 20.2 Å². The third-order valence-corrected chi connectivity index (χ3v) is 5.68. The summed E-state index contributed by atoms with van der Waals surface area (Å²) >= 11 is 5.76. The SMILES string of the molecule is CCOc1cccc(/C=N\NC(=O)CN(C)S(=O)(=O)c2ccc(Cl)cc2)c1O. The van der Waals surface area contributed by atoms with E-state index in [1.807, 2.05) is 0 Å². The van der Waals surface area contributed by atoms with Crippen molar-refractivity contribution in [3.8, 4) is 11.5 Å². The molecule has 0 radical (unpaired) electrons. The molecule has 2 aromatic carbocycles. The minimum absolute atomic E-state index is 0.0216. The number of sulfonamides is 1. The highest BCUT2D eigenvalue weighted by Gasteiger charge is 2.22. The van der Waals surface area contributed by atoms with Gasteiger partial charge in [0.15, 0.2) is 11.5 Å². The zero-order chi connectivity index (χ0) is 20.7. The molecule has 0 aliphatic heterocycles. The standard InChI is InChI=1S/C18H20ClN3O5S/c1-3-27-16-6-4-5-13(18(16)24)11-20-21-17(23)12-22(2)28(25,26)15-9-7-14(19)8-10-15/h4-11,24H,3,12H2,1-2H3,(H,21,23)/b20-11-. The van der Waals surface area contributed by atoms with Crippen molar-refractivity contribution in [1.82, 2.24) is 9.73 Å².